The first kappa shape index (κ1) is 14.5. The van der Waals surface area contributed by atoms with Crippen LogP contribution in [0.15, 0.2) is 22.7 Å². The summed E-state index contributed by atoms with van der Waals surface area (Å²) >= 11 is 3.58. The topological polar surface area (TPSA) is 23.5 Å². The number of hydrogen-bond acceptors (Lipinski definition) is 2. The Labute approximate surface area is 113 Å². The van der Waals surface area contributed by atoms with Gasteiger partial charge < -0.3 is 10.0 Å². The Morgan fingerprint density at radius 3 is 2.47 bits per heavy atom. The van der Waals surface area contributed by atoms with Crippen molar-refractivity contribution in [3.05, 3.63) is 28.2 Å². The average Bonchev–Trinajstić information content (AvgIpc) is 2.28. The highest BCUT2D eigenvalue weighted by Crippen LogP contribution is 2.29. The van der Waals surface area contributed by atoms with Gasteiger partial charge in [0.05, 0.1) is 11.8 Å². The van der Waals surface area contributed by atoms with Crippen LogP contribution in [0.4, 0.5) is 5.69 Å². The van der Waals surface area contributed by atoms with Crippen LogP contribution in [0.25, 0.3) is 0 Å². The summed E-state index contributed by atoms with van der Waals surface area (Å²) < 4.78 is 1.04. The highest BCUT2D eigenvalue weighted by Gasteiger charge is 2.10. The molecule has 1 rings (SSSR count). The van der Waals surface area contributed by atoms with E-state index in [9.17, 15) is 5.11 Å². The molecule has 0 saturated heterocycles. The van der Waals surface area contributed by atoms with Crippen LogP contribution < -0.4 is 4.90 Å². The summed E-state index contributed by atoms with van der Waals surface area (Å²) in [4.78, 5) is 2.25. The van der Waals surface area contributed by atoms with Gasteiger partial charge in [0, 0.05) is 18.1 Å². The van der Waals surface area contributed by atoms with Crippen LogP contribution in [-0.4, -0.2) is 18.7 Å². The van der Waals surface area contributed by atoms with Crippen molar-refractivity contribution in [3.63, 3.8) is 0 Å². The summed E-state index contributed by atoms with van der Waals surface area (Å²) in [7, 11) is 2.11. The number of anilines is 1. The van der Waals surface area contributed by atoms with Gasteiger partial charge in [0.2, 0.25) is 0 Å². The summed E-state index contributed by atoms with van der Waals surface area (Å²) in [5, 5.41) is 9.53. The molecule has 0 aliphatic rings. The number of hydrogen-bond donors (Lipinski definition) is 1. The number of rotatable bonds is 5. The molecule has 17 heavy (non-hydrogen) atoms. The van der Waals surface area contributed by atoms with Gasteiger partial charge in [0.1, 0.15) is 0 Å². The zero-order chi connectivity index (χ0) is 13.0. The molecule has 0 saturated carbocycles. The SMILES string of the molecule is CCC(C)CN(C)c1ccc([C@@H](C)O)cc1Br. The molecular weight excluding hydrogens is 278 g/mol. The van der Waals surface area contributed by atoms with Crippen molar-refractivity contribution in [2.24, 2.45) is 5.92 Å². The minimum Gasteiger partial charge on any atom is -0.389 e. The summed E-state index contributed by atoms with van der Waals surface area (Å²) in [6.45, 7) is 7.30. The van der Waals surface area contributed by atoms with Gasteiger partial charge in [0.25, 0.3) is 0 Å². The fourth-order valence-electron chi connectivity index (χ4n) is 1.79. The second kappa shape index (κ2) is 6.41. The lowest BCUT2D eigenvalue weighted by Gasteiger charge is -2.24. The maximum atomic E-state index is 9.53. The van der Waals surface area contributed by atoms with E-state index < -0.39 is 6.10 Å². The largest absolute Gasteiger partial charge is 0.389 e. The van der Waals surface area contributed by atoms with Gasteiger partial charge in [-0.05, 0) is 46.5 Å². The van der Waals surface area contributed by atoms with Crippen molar-refractivity contribution >= 4 is 21.6 Å². The molecule has 0 aromatic heterocycles. The smallest absolute Gasteiger partial charge is 0.0762 e. The summed E-state index contributed by atoms with van der Waals surface area (Å²) in [6.07, 6.45) is 0.772. The van der Waals surface area contributed by atoms with Crippen molar-refractivity contribution < 1.29 is 5.11 Å². The monoisotopic (exact) mass is 299 g/mol. The molecule has 0 fully saturated rings. The lowest BCUT2D eigenvalue weighted by atomic mass is 10.1. The molecule has 0 bridgehead atoms. The summed E-state index contributed by atoms with van der Waals surface area (Å²) in [6, 6.07) is 6.04. The molecule has 2 atom stereocenters. The van der Waals surface area contributed by atoms with Crippen molar-refractivity contribution in [1.29, 1.82) is 0 Å². The first-order chi connectivity index (χ1) is 7.95. The first-order valence-electron chi connectivity index (χ1n) is 6.14. The highest BCUT2D eigenvalue weighted by molar-refractivity contribution is 9.10. The molecule has 0 heterocycles. The molecule has 0 radical (unpaired) electrons. The van der Waals surface area contributed by atoms with Crippen LogP contribution in [0.1, 0.15) is 38.9 Å². The molecule has 3 heteroatoms. The molecule has 0 spiro atoms. The van der Waals surface area contributed by atoms with E-state index in [0.29, 0.717) is 5.92 Å². The van der Waals surface area contributed by atoms with E-state index in [1.807, 2.05) is 12.1 Å². The van der Waals surface area contributed by atoms with Crippen molar-refractivity contribution in [2.45, 2.75) is 33.3 Å². The fourth-order valence-corrected chi connectivity index (χ4v) is 2.49. The van der Waals surface area contributed by atoms with E-state index in [4.69, 9.17) is 0 Å². The van der Waals surface area contributed by atoms with Crippen molar-refractivity contribution in [2.75, 3.05) is 18.5 Å². The van der Waals surface area contributed by atoms with Crippen LogP contribution in [0, 0.1) is 5.92 Å². The molecule has 0 aliphatic heterocycles. The van der Waals surface area contributed by atoms with E-state index >= 15 is 0 Å². The minimum atomic E-state index is -0.416. The summed E-state index contributed by atoms with van der Waals surface area (Å²) in [5.41, 5.74) is 2.12. The molecule has 2 nitrogen and oxygen atoms in total. The van der Waals surface area contributed by atoms with Crippen LogP contribution in [0.2, 0.25) is 0 Å². The van der Waals surface area contributed by atoms with Crippen LogP contribution >= 0.6 is 15.9 Å². The Hall–Kier alpha value is -0.540. The predicted molar refractivity (Wildman–Crippen MR) is 77.5 cm³/mol. The highest BCUT2D eigenvalue weighted by atomic mass is 79.9. The standard InChI is InChI=1S/C14H22BrNO/c1-5-10(2)9-16(4)14-7-6-12(11(3)17)8-13(14)15/h6-8,10-11,17H,5,9H2,1-4H3/t10?,11-/m1/s1. The average molecular weight is 300 g/mol. The maximum Gasteiger partial charge on any atom is 0.0762 e. The molecular formula is C14H22BrNO. The lowest BCUT2D eigenvalue weighted by molar-refractivity contribution is 0.199. The number of aliphatic hydroxyl groups excluding tert-OH is 1. The van der Waals surface area contributed by atoms with Gasteiger partial charge in [-0.15, -0.1) is 0 Å². The van der Waals surface area contributed by atoms with E-state index in [1.165, 1.54) is 12.1 Å². The second-order valence-corrected chi connectivity index (χ2v) is 5.64. The Bertz CT molecular complexity index is 365. The fraction of sp³-hybridized carbons (Fsp3) is 0.571. The zero-order valence-corrected chi connectivity index (χ0v) is 12.7. The quantitative estimate of drug-likeness (QED) is 0.889. The Balaban J connectivity index is 2.84. The lowest BCUT2D eigenvalue weighted by Crippen LogP contribution is -2.23. The van der Waals surface area contributed by atoms with E-state index in [-0.39, 0.29) is 0 Å². The number of aliphatic hydroxyl groups is 1. The normalized spacial score (nSPS) is 14.5. The Morgan fingerprint density at radius 2 is 2.00 bits per heavy atom. The van der Waals surface area contributed by atoms with Gasteiger partial charge in [-0.1, -0.05) is 26.3 Å². The van der Waals surface area contributed by atoms with Gasteiger partial charge in [-0.3, -0.25) is 0 Å². The maximum absolute atomic E-state index is 9.53. The Morgan fingerprint density at radius 1 is 1.35 bits per heavy atom. The third-order valence-electron chi connectivity index (χ3n) is 3.15. The van der Waals surface area contributed by atoms with Gasteiger partial charge in [-0.2, -0.15) is 0 Å². The van der Waals surface area contributed by atoms with Crippen LogP contribution in [-0.2, 0) is 0 Å². The van der Waals surface area contributed by atoms with Gasteiger partial charge >= 0.3 is 0 Å². The molecule has 1 unspecified atom stereocenters. The van der Waals surface area contributed by atoms with Crippen molar-refractivity contribution in [3.8, 4) is 0 Å². The number of halogens is 1. The van der Waals surface area contributed by atoms with Crippen LogP contribution in [0.5, 0.6) is 0 Å². The molecule has 1 N–H and O–H groups in total. The van der Waals surface area contributed by atoms with Gasteiger partial charge in [-0.25, -0.2) is 0 Å². The molecule has 96 valence electrons. The first-order valence-corrected chi connectivity index (χ1v) is 6.93. The minimum absolute atomic E-state index is 0.416. The number of benzene rings is 1. The van der Waals surface area contributed by atoms with Crippen molar-refractivity contribution in [1.82, 2.24) is 0 Å². The third kappa shape index (κ3) is 4.00. The Kier molecular flexibility index (Phi) is 5.47. The summed E-state index contributed by atoms with van der Waals surface area (Å²) in [5.74, 6) is 0.684. The predicted octanol–water partition coefficient (Wildman–Crippen LogP) is 3.98. The molecule has 0 amide bonds. The zero-order valence-electron chi connectivity index (χ0n) is 11.1. The third-order valence-corrected chi connectivity index (χ3v) is 3.78. The molecule has 1 aromatic carbocycles. The van der Waals surface area contributed by atoms with Crippen LogP contribution in [0.3, 0.4) is 0 Å². The second-order valence-electron chi connectivity index (χ2n) is 4.78. The molecule has 0 aliphatic carbocycles. The molecule has 1 aromatic rings. The van der Waals surface area contributed by atoms with E-state index in [0.717, 1.165) is 16.6 Å². The van der Waals surface area contributed by atoms with Gasteiger partial charge in [0.15, 0.2) is 0 Å². The van der Waals surface area contributed by atoms with E-state index in [2.05, 4.69) is 47.8 Å². The number of nitrogens with zero attached hydrogens (tertiary/aromatic N) is 1. The van der Waals surface area contributed by atoms with E-state index in [1.54, 1.807) is 6.92 Å².